The van der Waals surface area contributed by atoms with Crippen molar-refractivity contribution in [3.05, 3.63) is 18.2 Å². The molecule has 2 rings (SSSR count). The molecule has 4 nitrogen and oxygen atoms in total. The van der Waals surface area contributed by atoms with Crippen LogP contribution < -0.4 is 15.4 Å². The van der Waals surface area contributed by atoms with Gasteiger partial charge in [-0.05, 0) is 32.9 Å². The lowest BCUT2D eigenvalue weighted by atomic mass is 10.2. The van der Waals surface area contributed by atoms with E-state index in [0.717, 1.165) is 17.1 Å². The van der Waals surface area contributed by atoms with Crippen molar-refractivity contribution in [3.8, 4) is 5.75 Å². The van der Waals surface area contributed by atoms with Gasteiger partial charge in [-0.25, -0.2) is 0 Å². The van der Waals surface area contributed by atoms with Gasteiger partial charge in [0.25, 0.3) is 0 Å². The Hall–Kier alpha value is -1.71. The van der Waals surface area contributed by atoms with Crippen LogP contribution >= 0.6 is 0 Å². The quantitative estimate of drug-likeness (QED) is 0.827. The van der Waals surface area contributed by atoms with E-state index in [2.05, 4.69) is 24.5 Å². The molecule has 1 aliphatic rings. The van der Waals surface area contributed by atoms with E-state index in [1.165, 1.54) is 0 Å². The van der Waals surface area contributed by atoms with Crippen molar-refractivity contribution in [3.63, 3.8) is 0 Å². The lowest BCUT2D eigenvalue weighted by molar-refractivity contribution is -0.117. The Labute approximate surface area is 101 Å². The third kappa shape index (κ3) is 2.90. The van der Waals surface area contributed by atoms with Crippen molar-refractivity contribution < 1.29 is 9.53 Å². The lowest BCUT2D eigenvalue weighted by Crippen LogP contribution is -2.17. The summed E-state index contributed by atoms with van der Waals surface area (Å²) in [5, 5.41) is 6.15. The number of amides is 1. The molecule has 1 aromatic carbocycles. The zero-order valence-electron chi connectivity index (χ0n) is 10.4. The van der Waals surface area contributed by atoms with E-state index in [-0.39, 0.29) is 12.0 Å². The van der Waals surface area contributed by atoms with Crippen LogP contribution in [0, 0.1) is 0 Å². The molecule has 0 fully saturated rings. The van der Waals surface area contributed by atoms with Crippen LogP contribution in [0.1, 0.15) is 27.2 Å². The molecule has 92 valence electrons. The minimum atomic E-state index is -0.0921. The third-order valence-electron chi connectivity index (χ3n) is 2.51. The topological polar surface area (TPSA) is 50.4 Å². The molecule has 1 heterocycles. The van der Waals surface area contributed by atoms with Gasteiger partial charge in [-0.15, -0.1) is 0 Å². The Morgan fingerprint density at radius 1 is 1.47 bits per heavy atom. The first-order chi connectivity index (χ1) is 8.04. The van der Waals surface area contributed by atoms with Crippen LogP contribution in [0.3, 0.4) is 0 Å². The summed E-state index contributed by atoms with van der Waals surface area (Å²) >= 11 is 0. The van der Waals surface area contributed by atoms with E-state index in [1.54, 1.807) is 0 Å². The van der Waals surface area contributed by atoms with Crippen LogP contribution in [0.5, 0.6) is 5.75 Å². The van der Waals surface area contributed by atoms with Gasteiger partial charge in [-0.1, -0.05) is 0 Å². The van der Waals surface area contributed by atoms with Gasteiger partial charge in [0.2, 0.25) is 5.91 Å². The maximum atomic E-state index is 11.5. The number of carbonyl (C=O) groups is 1. The van der Waals surface area contributed by atoms with Crippen LogP contribution in [0.4, 0.5) is 11.4 Å². The zero-order valence-corrected chi connectivity index (χ0v) is 10.4. The Kier molecular flexibility index (Phi) is 3.22. The highest BCUT2D eigenvalue weighted by Crippen LogP contribution is 2.31. The molecule has 0 aliphatic carbocycles. The molecule has 1 unspecified atom stereocenters. The van der Waals surface area contributed by atoms with Gasteiger partial charge in [0, 0.05) is 17.8 Å². The van der Waals surface area contributed by atoms with Crippen molar-refractivity contribution in [1.82, 2.24) is 0 Å². The first kappa shape index (κ1) is 11.8. The Morgan fingerprint density at radius 2 is 2.24 bits per heavy atom. The van der Waals surface area contributed by atoms with E-state index < -0.39 is 0 Å². The Bertz CT molecular complexity index is 429. The molecule has 4 heteroatoms. The molecule has 1 aliphatic heterocycles. The fraction of sp³-hybridized carbons (Fsp3) is 0.462. The minimum absolute atomic E-state index is 0.000758. The fourth-order valence-corrected chi connectivity index (χ4v) is 1.87. The second-order valence-electron chi connectivity index (χ2n) is 4.69. The normalized spacial score (nSPS) is 19.1. The summed E-state index contributed by atoms with van der Waals surface area (Å²) in [6, 6.07) is 6.11. The number of anilines is 2. The van der Waals surface area contributed by atoms with E-state index in [0.29, 0.717) is 12.5 Å². The summed E-state index contributed by atoms with van der Waals surface area (Å²) in [6.07, 6.45) is 0.298. The molecule has 1 atom stereocenters. The Morgan fingerprint density at radius 3 is 2.94 bits per heavy atom. The van der Waals surface area contributed by atoms with Gasteiger partial charge < -0.3 is 15.4 Å². The number of fused-ring (bicyclic) bond motifs is 1. The highest BCUT2D eigenvalue weighted by Gasteiger charge is 2.19. The molecule has 2 N–H and O–H groups in total. The van der Waals surface area contributed by atoms with Crippen LogP contribution in [-0.2, 0) is 4.79 Å². The van der Waals surface area contributed by atoms with Crippen molar-refractivity contribution >= 4 is 17.3 Å². The second-order valence-corrected chi connectivity index (χ2v) is 4.69. The molecular formula is C13H18N2O2. The predicted molar refractivity (Wildman–Crippen MR) is 68.5 cm³/mol. The SMILES string of the molecule is CC(C)Nc1ccc2c(c1)OC(C)CC(=O)N2. The van der Waals surface area contributed by atoms with Gasteiger partial charge in [-0.3, -0.25) is 4.79 Å². The maximum absolute atomic E-state index is 11.5. The molecule has 0 saturated heterocycles. The summed E-state index contributed by atoms with van der Waals surface area (Å²) in [6.45, 7) is 6.06. The molecule has 0 aromatic heterocycles. The average Bonchev–Trinajstić information content (AvgIpc) is 2.33. The largest absolute Gasteiger partial charge is 0.488 e. The minimum Gasteiger partial charge on any atom is -0.488 e. The van der Waals surface area contributed by atoms with Crippen molar-refractivity contribution in [2.75, 3.05) is 10.6 Å². The van der Waals surface area contributed by atoms with Crippen LogP contribution in [0.15, 0.2) is 18.2 Å². The van der Waals surface area contributed by atoms with Crippen LogP contribution in [-0.4, -0.2) is 18.1 Å². The molecule has 1 amide bonds. The summed E-state index contributed by atoms with van der Waals surface area (Å²) in [5.74, 6) is 0.731. The maximum Gasteiger partial charge on any atom is 0.228 e. The number of hydrogen-bond acceptors (Lipinski definition) is 3. The Balaban J connectivity index is 2.28. The summed E-state index contributed by atoms with van der Waals surface area (Å²) < 4.78 is 5.73. The number of carbonyl (C=O) groups excluding carboxylic acids is 1. The standard InChI is InChI=1S/C13H18N2O2/c1-8(2)14-10-4-5-11-12(7-10)17-9(3)6-13(16)15-11/h4-5,7-9,14H,6H2,1-3H3,(H,15,16). The summed E-state index contributed by atoms with van der Waals surface area (Å²) in [5.41, 5.74) is 1.75. The lowest BCUT2D eigenvalue weighted by Gasteiger charge is -2.15. The number of ether oxygens (including phenoxy) is 1. The fourth-order valence-electron chi connectivity index (χ4n) is 1.87. The highest BCUT2D eigenvalue weighted by molar-refractivity contribution is 5.93. The molecule has 0 spiro atoms. The van der Waals surface area contributed by atoms with E-state index in [4.69, 9.17) is 4.74 Å². The van der Waals surface area contributed by atoms with Crippen molar-refractivity contribution in [1.29, 1.82) is 0 Å². The molecule has 17 heavy (non-hydrogen) atoms. The first-order valence-electron chi connectivity index (χ1n) is 5.91. The van der Waals surface area contributed by atoms with Crippen molar-refractivity contribution in [2.45, 2.75) is 39.3 Å². The van der Waals surface area contributed by atoms with Gasteiger partial charge in [0.1, 0.15) is 11.9 Å². The number of benzene rings is 1. The number of nitrogens with one attached hydrogen (secondary N) is 2. The van der Waals surface area contributed by atoms with Crippen LogP contribution in [0.25, 0.3) is 0 Å². The average molecular weight is 234 g/mol. The number of rotatable bonds is 2. The molecular weight excluding hydrogens is 216 g/mol. The predicted octanol–water partition coefficient (Wildman–Crippen LogP) is 2.62. The van der Waals surface area contributed by atoms with Gasteiger partial charge in [0.05, 0.1) is 12.1 Å². The number of hydrogen-bond donors (Lipinski definition) is 2. The van der Waals surface area contributed by atoms with E-state index in [9.17, 15) is 4.79 Å². The van der Waals surface area contributed by atoms with E-state index >= 15 is 0 Å². The monoisotopic (exact) mass is 234 g/mol. The van der Waals surface area contributed by atoms with Gasteiger partial charge in [-0.2, -0.15) is 0 Å². The third-order valence-corrected chi connectivity index (χ3v) is 2.51. The van der Waals surface area contributed by atoms with E-state index in [1.807, 2.05) is 25.1 Å². The first-order valence-corrected chi connectivity index (χ1v) is 5.91. The highest BCUT2D eigenvalue weighted by atomic mass is 16.5. The molecule has 0 saturated carbocycles. The molecule has 0 radical (unpaired) electrons. The summed E-state index contributed by atoms with van der Waals surface area (Å²) in [4.78, 5) is 11.5. The van der Waals surface area contributed by atoms with Crippen molar-refractivity contribution in [2.24, 2.45) is 0 Å². The molecule has 0 bridgehead atoms. The zero-order chi connectivity index (χ0) is 12.4. The van der Waals surface area contributed by atoms with Crippen LogP contribution in [0.2, 0.25) is 0 Å². The smallest absolute Gasteiger partial charge is 0.228 e. The molecule has 1 aromatic rings. The second kappa shape index (κ2) is 4.65. The van der Waals surface area contributed by atoms with Gasteiger partial charge >= 0.3 is 0 Å². The summed E-state index contributed by atoms with van der Waals surface area (Å²) in [7, 11) is 0. The van der Waals surface area contributed by atoms with Gasteiger partial charge in [0.15, 0.2) is 0 Å².